The molecule has 1 aliphatic heterocycles. The molecule has 1 aliphatic rings. The van der Waals surface area contributed by atoms with Crippen LogP contribution in [0.25, 0.3) is 0 Å². The number of piperazine rings is 1. The van der Waals surface area contributed by atoms with Crippen molar-refractivity contribution in [3.8, 4) is 0 Å². The van der Waals surface area contributed by atoms with Crippen molar-refractivity contribution < 1.29 is 9.53 Å². The molecule has 1 heterocycles. The van der Waals surface area contributed by atoms with E-state index in [9.17, 15) is 4.79 Å². The number of carbonyl (C=O) groups excluding carboxylic acids is 1. The lowest BCUT2D eigenvalue weighted by atomic mass is 10.1. The molecule has 0 spiro atoms. The van der Waals surface area contributed by atoms with Crippen molar-refractivity contribution in [2.24, 2.45) is 0 Å². The van der Waals surface area contributed by atoms with Crippen LogP contribution in [0.4, 0.5) is 4.79 Å². The molecule has 96 valence electrons. The summed E-state index contributed by atoms with van der Waals surface area (Å²) in [7, 11) is 0. The summed E-state index contributed by atoms with van der Waals surface area (Å²) in [5.41, 5.74) is -0.399. The highest BCUT2D eigenvalue weighted by atomic mass is 35.5. The summed E-state index contributed by atoms with van der Waals surface area (Å²) < 4.78 is 5.33. The maximum absolute atomic E-state index is 11.8. The number of hydrogen-bond acceptors (Lipinski definition) is 3. The van der Waals surface area contributed by atoms with Gasteiger partial charge in [-0.1, -0.05) is 6.92 Å². The average molecular weight is 251 g/mol. The van der Waals surface area contributed by atoms with Gasteiger partial charge in [-0.3, -0.25) is 0 Å². The molecule has 1 atom stereocenters. The molecule has 0 aromatic heterocycles. The highest BCUT2D eigenvalue weighted by Crippen LogP contribution is 2.11. The Morgan fingerprint density at radius 3 is 2.62 bits per heavy atom. The van der Waals surface area contributed by atoms with Gasteiger partial charge in [0.2, 0.25) is 0 Å². The zero-order valence-electron chi connectivity index (χ0n) is 10.6. The molecule has 1 saturated heterocycles. The lowest BCUT2D eigenvalue weighted by Gasteiger charge is -2.34. The number of hydrogen-bond donors (Lipinski definition) is 1. The van der Waals surface area contributed by atoms with Crippen molar-refractivity contribution in [2.45, 2.75) is 45.8 Å². The summed E-state index contributed by atoms with van der Waals surface area (Å²) in [6.07, 6.45) is 0.849. The van der Waals surface area contributed by atoms with Crippen LogP contribution in [-0.4, -0.2) is 42.3 Å². The predicted octanol–water partition coefficient (Wildman–Crippen LogP) is 2.03. The number of ether oxygens (including phenoxy) is 1. The average Bonchev–Trinajstić information content (AvgIpc) is 2.15. The Balaban J connectivity index is 0.00000225. The maximum Gasteiger partial charge on any atom is 0.410 e. The lowest BCUT2D eigenvalue weighted by molar-refractivity contribution is 0.0194. The number of rotatable bonds is 1. The zero-order chi connectivity index (χ0) is 11.5. The third kappa shape index (κ3) is 5.03. The topological polar surface area (TPSA) is 41.6 Å². The summed E-state index contributed by atoms with van der Waals surface area (Å²) in [4.78, 5) is 13.5. The van der Waals surface area contributed by atoms with Crippen molar-refractivity contribution in [1.29, 1.82) is 0 Å². The van der Waals surface area contributed by atoms with Gasteiger partial charge >= 0.3 is 6.09 Å². The Morgan fingerprint density at radius 2 is 2.12 bits per heavy atom. The molecule has 0 saturated carbocycles. The van der Waals surface area contributed by atoms with E-state index >= 15 is 0 Å². The highest BCUT2D eigenvalue weighted by Gasteiger charge is 2.26. The summed E-state index contributed by atoms with van der Waals surface area (Å²) in [6, 6.07) is 0.409. The fourth-order valence-electron chi connectivity index (χ4n) is 1.59. The minimum Gasteiger partial charge on any atom is -0.444 e. The molecule has 0 radical (unpaired) electrons. The minimum atomic E-state index is -0.399. The van der Waals surface area contributed by atoms with Crippen LogP contribution >= 0.6 is 12.4 Å². The summed E-state index contributed by atoms with van der Waals surface area (Å²) in [6.45, 7) is 10.2. The quantitative estimate of drug-likeness (QED) is 0.774. The van der Waals surface area contributed by atoms with Crippen LogP contribution in [0.2, 0.25) is 0 Å². The molecule has 0 aliphatic carbocycles. The lowest BCUT2D eigenvalue weighted by Crippen LogP contribution is -2.53. The Bertz CT molecular complexity index is 229. The third-order valence-corrected chi connectivity index (χ3v) is 2.40. The largest absolute Gasteiger partial charge is 0.444 e. The monoisotopic (exact) mass is 250 g/mol. The minimum absolute atomic E-state index is 0. The molecule has 4 nitrogen and oxygen atoms in total. The van der Waals surface area contributed by atoms with Crippen LogP contribution in [0, 0.1) is 0 Å². The van der Waals surface area contributed by atoms with Crippen molar-refractivity contribution in [3.05, 3.63) is 0 Å². The molecule has 1 N–H and O–H groups in total. The molecule has 0 bridgehead atoms. The van der Waals surface area contributed by atoms with E-state index < -0.39 is 5.60 Å². The first kappa shape index (κ1) is 15.5. The second-order valence-electron chi connectivity index (χ2n) is 4.99. The van der Waals surface area contributed by atoms with Gasteiger partial charge in [-0.2, -0.15) is 0 Å². The maximum atomic E-state index is 11.8. The highest BCUT2D eigenvalue weighted by molar-refractivity contribution is 5.85. The standard InChI is InChI=1S/C11H22N2O2.ClH/c1-5-9-8-13(7-6-12-9)10(14)15-11(2,3)4;/h9,12H,5-8H2,1-4H3;1H. The smallest absolute Gasteiger partial charge is 0.410 e. The van der Waals surface area contributed by atoms with Crippen LogP contribution in [0.15, 0.2) is 0 Å². The fraction of sp³-hybridized carbons (Fsp3) is 0.909. The van der Waals surface area contributed by atoms with E-state index in [0.717, 1.165) is 26.1 Å². The van der Waals surface area contributed by atoms with Gasteiger partial charge in [-0.15, -0.1) is 12.4 Å². The number of amides is 1. The molecule has 16 heavy (non-hydrogen) atoms. The Morgan fingerprint density at radius 1 is 1.50 bits per heavy atom. The van der Waals surface area contributed by atoms with Crippen molar-refractivity contribution in [3.63, 3.8) is 0 Å². The van der Waals surface area contributed by atoms with E-state index in [1.165, 1.54) is 0 Å². The van der Waals surface area contributed by atoms with Crippen LogP contribution in [0.1, 0.15) is 34.1 Å². The van der Waals surface area contributed by atoms with Gasteiger partial charge in [0.05, 0.1) is 0 Å². The van der Waals surface area contributed by atoms with Gasteiger partial charge in [0, 0.05) is 25.7 Å². The molecule has 1 fully saturated rings. The summed E-state index contributed by atoms with van der Waals surface area (Å²) in [5.74, 6) is 0. The first-order valence-corrected chi connectivity index (χ1v) is 5.63. The van der Waals surface area contributed by atoms with E-state index in [-0.39, 0.29) is 18.5 Å². The van der Waals surface area contributed by atoms with Crippen LogP contribution in [0.5, 0.6) is 0 Å². The first-order chi connectivity index (χ1) is 6.92. The number of nitrogens with one attached hydrogen (secondary N) is 1. The van der Waals surface area contributed by atoms with Gasteiger partial charge in [0.25, 0.3) is 0 Å². The van der Waals surface area contributed by atoms with Gasteiger partial charge in [0.15, 0.2) is 0 Å². The Kier molecular flexibility index (Phi) is 6.11. The molecule has 1 amide bonds. The fourth-order valence-corrected chi connectivity index (χ4v) is 1.59. The third-order valence-electron chi connectivity index (χ3n) is 2.40. The predicted molar refractivity (Wildman–Crippen MR) is 67.1 cm³/mol. The first-order valence-electron chi connectivity index (χ1n) is 5.63. The molecule has 0 aromatic carbocycles. The second kappa shape index (κ2) is 6.30. The summed E-state index contributed by atoms with van der Waals surface area (Å²) >= 11 is 0. The number of carbonyl (C=O) groups is 1. The van der Waals surface area contributed by atoms with Crippen molar-refractivity contribution >= 4 is 18.5 Å². The Labute approximate surface area is 104 Å². The molecule has 1 unspecified atom stereocenters. The number of nitrogens with zero attached hydrogens (tertiary/aromatic N) is 1. The van der Waals surface area contributed by atoms with Crippen LogP contribution < -0.4 is 5.32 Å². The summed E-state index contributed by atoms with van der Waals surface area (Å²) in [5, 5.41) is 3.37. The van der Waals surface area contributed by atoms with Gasteiger partial charge < -0.3 is 15.0 Å². The molecule has 5 heteroatoms. The van der Waals surface area contributed by atoms with Gasteiger partial charge in [-0.25, -0.2) is 4.79 Å². The van der Waals surface area contributed by atoms with Crippen LogP contribution in [-0.2, 0) is 4.74 Å². The van der Waals surface area contributed by atoms with E-state index in [2.05, 4.69) is 12.2 Å². The van der Waals surface area contributed by atoms with E-state index in [1.54, 1.807) is 4.90 Å². The molecular formula is C11H23ClN2O2. The van der Waals surface area contributed by atoms with Crippen molar-refractivity contribution in [1.82, 2.24) is 10.2 Å². The molecule has 0 aromatic rings. The van der Waals surface area contributed by atoms with E-state index in [4.69, 9.17) is 4.74 Å². The molecule has 1 rings (SSSR count). The van der Waals surface area contributed by atoms with E-state index in [0.29, 0.717) is 6.04 Å². The van der Waals surface area contributed by atoms with E-state index in [1.807, 2.05) is 20.8 Å². The zero-order valence-corrected chi connectivity index (χ0v) is 11.4. The molecular weight excluding hydrogens is 228 g/mol. The van der Waals surface area contributed by atoms with Crippen molar-refractivity contribution in [2.75, 3.05) is 19.6 Å². The Hall–Kier alpha value is -0.480. The van der Waals surface area contributed by atoms with Gasteiger partial charge in [0.1, 0.15) is 5.60 Å². The SMILES string of the molecule is CCC1CN(C(=O)OC(C)(C)C)CCN1.Cl. The van der Waals surface area contributed by atoms with Gasteiger partial charge in [-0.05, 0) is 27.2 Å². The normalized spacial score (nSPS) is 21.2. The second-order valence-corrected chi connectivity index (χ2v) is 4.99. The van der Waals surface area contributed by atoms with Crippen LogP contribution in [0.3, 0.4) is 0 Å². The number of halogens is 1.